The van der Waals surface area contributed by atoms with Crippen LogP contribution in [-0.2, 0) is 11.3 Å². The van der Waals surface area contributed by atoms with Crippen molar-refractivity contribution in [1.29, 1.82) is 0 Å². The summed E-state index contributed by atoms with van der Waals surface area (Å²) in [6.07, 6.45) is 4.41. The lowest BCUT2D eigenvalue weighted by Crippen LogP contribution is -2.47. The van der Waals surface area contributed by atoms with E-state index in [0.717, 1.165) is 31.4 Å². The Labute approximate surface area is 124 Å². The lowest BCUT2D eigenvalue weighted by atomic mass is 9.77. The molecular formula is C17H22N2O2. The first-order valence-electron chi connectivity index (χ1n) is 7.65. The first-order chi connectivity index (χ1) is 10.1. The summed E-state index contributed by atoms with van der Waals surface area (Å²) in [6, 6.07) is 8.48. The van der Waals surface area contributed by atoms with Crippen molar-refractivity contribution in [1.82, 2.24) is 9.88 Å². The molecule has 112 valence electrons. The van der Waals surface area contributed by atoms with Gasteiger partial charge in [0.25, 0.3) is 0 Å². The molecule has 2 aromatic rings. The molecule has 4 heteroatoms. The number of carboxylic acid groups (broad SMARTS) is 1. The standard InChI is InChI=1S/C17H22N2O2/c1-2-17(16(20)21)7-3-9-19(12-17)11-13-4-5-15-14(10-13)6-8-18-15/h4-6,8,10,18H,2-3,7,9,11-12H2,1H3,(H,20,21). The van der Waals surface area contributed by atoms with Crippen molar-refractivity contribution in [3.63, 3.8) is 0 Å². The van der Waals surface area contributed by atoms with Crippen molar-refractivity contribution in [3.05, 3.63) is 36.0 Å². The molecule has 1 aliphatic rings. The van der Waals surface area contributed by atoms with Crippen LogP contribution >= 0.6 is 0 Å². The van der Waals surface area contributed by atoms with E-state index in [1.807, 2.05) is 13.1 Å². The second-order valence-electron chi connectivity index (χ2n) is 6.15. The Morgan fingerprint density at radius 3 is 3.05 bits per heavy atom. The molecule has 4 nitrogen and oxygen atoms in total. The van der Waals surface area contributed by atoms with Crippen LogP contribution < -0.4 is 0 Å². The number of nitrogens with zero attached hydrogens (tertiary/aromatic N) is 1. The van der Waals surface area contributed by atoms with Crippen LogP contribution in [0.5, 0.6) is 0 Å². The van der Waals surface area contributed by atoms with E-state index in [1.165, 1.54) is 10.9 Å². The van der Waals surface area contributed by atoms with Gasteiger partial charge in [0.05, 0.1) is 5.41 Å². The van der Waals surface area contributed by atoms with Gasteiger partial charge in [-0.2, -0.15) is 0 Å². The fourth-order valence-electron chi connectivity index (χ4n) is 3.44. The molecule has 1 aromatic carbocycles. The first-order valence-corrected chi connectivity index (χ1v) is 7.65. The maximum Gasteiger partial charge on any atom is 0.310 e. The lowest BCUT2D eigenvalue weighted by Gasteiger charge is -2.39. The minimum absolute atomic E-state index is 0.559. The molecular weight excluding hydrogens is 264 g/mol. The molecule has 3 rings (SSSR count). The van der Waals surface area contributed by atoms with E-state index in [4.69, 9.17) is 0 Å². The molecule has 1 aliphatic heterocycles. The average Bonchev–Trinajstić information content (AvgIpc) is 2.94. The summed E-state index contributed by atoms with van der Waals surface area (Å²) in [5.74, 6) is -0.643. The summed E-state index contributed by atoms with van der Waals surface area (Å²) in [6.45, 7) is 4.46. The van der Waals surface area contributed by atoms with Crippen LogP contribution in [0, 0.1) is 5.41 Å². The van der Waals surface area contributed by atoms with Crippen LogP contribution in [0.4, 0.5) is 0 Å². The van der Waals surface area contributed by atoms with E-state index in [9.17, 15) is 9.90 Å². The SMILES string of the molecule is CCC1(C(=O)O)CCCN(Cc2ccc3[nH]ccc3c2)C1. The molecule has 2 N–H and O–H groups in total. The van der Waals surface area contributed by atoms with Crippen molar-refractivity contribution in [3.8, 4) is 0 Å². The maximum absolute atomic E-state index is 11.6. The third-order valence-electron chi connectivity index (χ3n) is 4.81. The third-order valence-corrected chi connectivity index (χ3v) is 4.81. The van der Waals surface area contributed by atoms with Gasteiger partial charge >= 0.3 is 5.97 Å². The first kappa shape index (κ1) is 14.1. The van der Waals surface area contributed by atoms with E-state index in [-0.39, 0.29) is 0 Å². The second-order valence-corrected chi connectivity index (χ2v) is 6.15. The van der Waals surface area contributed by atoms with Gasteiger partial charge in [0.15, 0.2) is 0 Å². The lowest BCUT2D eigenvalue weighted by molar-refractivity contribution is -0.153. The number of fused-ring (bicyclic) bond motifs is 1. The van der Waals surface area contributed by atoms with Crippen LogP contribution in [0.25, 0.3) is 10.9 Å². The molecule has 1 fully saturated rings. The van der Waals surface area contributed by atoms with Crippen molar-refractivity contribution in [2.75, 3.05) is 13.1 Å². The summed E-state index contributed by atoms with van der Waals surface area (Å²) in [5.41, 5.74) is 1.83. The van der Waals surface area contributed by atoms with Gasteiger partial charge in [-0.05, 0) is 55.0 Å². The molecule has 0 bridgehead atoms. The number of rotatable bonds is 4. The molecule has 1 unspecified atom stereocenters. The fourth-order valence-corrected chi connectivity index (χ4v) is 3.44. The van der Waals surface area contributed by atoms with Gasteiger partial charge in [0, 0.05) is 24.8 Å². The smallest absolute Gasteiger partial charge is 0.310 e. The minimum atomic E-state index is -0.643. The van der Waals surface area contributed by atoms with Crippen LogP contribution in [0.1, 0.15) is 31.7 Å². The van der Waals surface area contributed by atoms with E-state index in [0.29, 0.717) is 13.0 Å². The topological polar surface area (TPSA) is 56.3 Å². The van der Waals surface area contributed by atoms with Crippen molar-refractivity contribution in [2.45, 2.75) is 32.7 Å². The summed E-state index contributed by atoms with van der Waals surface area (Å²) >= 11 is 0. The molecule has 1 atom stereocenters. The number of piperidine rings is 1. The Morgan fingerprint density at radius 1 is 1.43 bits per heavy atom. The highest BCUT2D eigenvalue weighted by molar-refractivity contribution is 5.79. The molecule has 1 saturated heterocycles. The molecule has 1 aromatic heterocycles. The highest BCUT2D eigenvalue weighted by Gasteiger charge is 2.40. The summed E-state index contributed by atoms with van der Waals surface area (Å²) in [5, 5.41) is 10.8. The quantitative estimate of drug-likeness (QED) is 0.907. The van der Waals surface area contributed by atoms with Crippen molar-refractivity contribution < 1.29 is 9.90 Å². The maximum atomic E-state index is 11.6. The van der Waals surface area contributed by atoms with Gasteiger partial charge in [0.2, 0.25) is 0 Å². The number of hydrogen-bond acceptors (Lipinski definition) is 2. The number of nitrogens with one attached hydrogen (secondary N) is 1. The van der Waals surface area contributed by atoms with Gasteiger partial charge in [-0.15, -0.1) is 0 Å². The number of aromatic nitrogens is 1. The number of benzene rings is 1. The van der Waals surface area contributed by atoms with Crippen LogP contribution in [0.2, 0.25) is 0 Å². The number of likely N-dealkylation sites (tertiary alicyclic amines) is 1. The highest BCUT2D eigenvalue weighted by Crippen LogP contribution is 2.34. The van der Waals surface area contributed by atoms with Crippen LogP contribution in [0.3, 0.4) is 0 Å². The minimum Gasteiger partial charge on any atom is -0.481 e. The predicted octanol–water partition coefficient (Wildman–Crippen LogP) is 3.24. The number of aliphatic carboxylic acids is 1. The molecule has 0 saturated carbocycles. The van der Waals surface area contributed by atoms with Crippen LogP contribution in [-0.4, -0.2) is 34.0 Å². The van der Waals surface area contributed by atoms with Gasteiger partial charge in [-0.1, -0.05) is 13.0 Å². The Kier molecular flexibility index (Phi) is 3.72. The largest absolute Gasteiger partial charge is 0.481 e. The summed E-state index contributed by atoms with van der Waals surface area (Å²) in [4.78, 5) is 17.1. The Balaban J connectivity index is 1.76. The van der Waals surface area contributed by atoms with E-state index in [2.05, 4.69) is 34.1 Å². The van der Waals surface area contributed by atoms with Gasteiger partial charge in [-0.25, -0.2) is 0 Å². The van der Waals surface area contributed by atoms with Crippen molar-refractivity contribution in [2.24, 2.45) is 5.41 Å². The number of carboxylic acids is 1. The predicted molar refractivity (Wildman–Crippen MR) is 83.2 cm³/mol. The molecule has 0 radical (unpaired) electrons. The normalized spacial score (nSPS) is 23.5. The number of hydrogen-bond donors (Lipinski definition) is 2. The van der Waals surface area contributed by atoms with E-state index in [1.54, 1.807) is 0 Å². The molecule has 21 heavy (non-hydrogen) atoms. The third kappa shape index (κ3) is 2.68. The second kappa shape index (κ2) is 5.53. The van der Waals surface area contributed by atoms with Gasteiger partial charge in [0.1, 0.15) is 0 Å². The molecule has 2 heterocycles. The zero-order valence-corrected chi connectivity index (χ0v) is 12.4. The average molecular weight is 286 g/mol. The molecule has 0 amide bonds. The monoisotopic (exact) mass is 286 g/mol. The zero-order valence-electron chi connectivity index (χ0n) is 12.4. The highest BCUT2D eigenvalue weighted by atomic mass is 16.4. The number of H-pyrrole nitrogens is 1. The molecule has 0 aliphatic carbocycles. The van der Waals surface area contributed by atoms with Crippen molar-refractivity contribution >= 4 is 16.9 Å². The van der Waals surface area contributed by atoms with Gasteiger partial charge in [-0.3, -0.25) is 9.69 Å². The molecule has 0 spiro atoms. The van der Waals surface area contributed by atoms with E-state index >= 15 is 0 Å². The van der Waals surface area contributed by atoms with Crippen LogP contribution in [0.15, 0.2) is 30.5 Å². The Morgan fingerprint density at radius 2 is 2.29 bits per heavy atom. The number of aromatic amines is 1. The van der Waals surface area contributed by atoms with Gasteiger partial charge < -0.3 is 10.1 Å². The number of carbonyl (C=O) groups is 1. The Hall–Kier alpha value is -1.81. The van der Waals surface area contributed by atoms with E-state index < -0.39 is 11.4 Å². The Bertz CT molecular complexity index is 649. The fraction of sp³-hybridized carbons (Fsp3) is 0.471. The summed E-state index contributed by atoms with van der Waals surface area (Å²) in [7, 11) is 0. The zero-order chi connectivity index (χ0) is 14.9. The summed E-state index contributed by atoms with van der Waals surface area (Å²) < 4.78 is 0.